The summed E-state index contributed by atoms with van der Waals surface area (Å²) in [6, 6.07) is 9.28. The number of nitrogens with one attached hydrogen (secondary N) is 3. The van der Waals surface area contributed by atoms with Crippen LogP contribution in [0, 0.1) is 17.8 Å². The van der Waals surface area contributed by atoms with Crippen LogP contribution >= 0.6 is 0 Å². The van der Waals surface area contributed by atoms with Crippen LogP contribution in [-0.2, 0) is 39.8 Å². The second-order valence-corrected chi connectivity index (χ2v) is 17.2. The molecule has 3 heterocycles. The number of esters is 1. The third-order valence-corrected chi connectivity index (χ3v) is 11.6. The molecule has 0 spiro atoms. The lowest BCUT2D eigenvalue weighted by atomic mass is 9.84. The molecular formula is C45H61N5O10. The first-order chi connectivity index (χ1) is 28.2. The number of epoxide rings is 1. The Labute approximate surface area is 352 Å². The van der Waals surface area contributed by atoms with Crippen molar-refractivity contribution in [2.45, 2.75) is 123 Å². The first-order valence-electron chi connectivity index (χ1n) is 20.5. The molecule has 2 aromatic rings. The molecule has 0 aliphatic carbocycles. The monoisotopic (exact) mass is 831 g/mol. The van der Waals surface area contributed by atoms with Gasteiger partial charge in [-0.05, 0) is 68.5 Å². The summed E-state index contributed by atoms with van der Waals surface area (Å²) < 4.78 is 23.9. The van der Waals surface area contributed by atoms with Gasteiger partial charge >= 0.3 is 12.1 Å². The fraction of sp³-hybridized carbons (Fsp3) is 0.533. The van der Waals surface area contributed by atoms with Gasteiger partial charge in [-0.1, -0.05) is 70.6 Å². The smallest absolute Gasteiger partial charge is 0.409 e. The van der Waals surface area contributed by atoms with Crippen molar-refractivity contribution in [1.82, 2.24) is 10.6 Å². The summed E-state index contributed by atoms with van der Waals surface area (Å²) in [5.74, 6) is -2.22. The maximum Gasteiger partial charge on any atom is 0.409 e. The molecule has 6 N–H and O–H groups in total. The van der Waals surface area contributed by atoms with E-state index in [9.17, 15) is 29.1 Å². The van der Waals surface area contributed by atoms with Crippen molar-refractivity contribution >= 4 is 41.2 Å². The predicted molar refractivity (Wildman–Crippen MR) is 227 cm³/mol. The second kappa shape index (κ2) is 18.6. The van der Waals surface area contributed by atoms with Gasteiger partial charge in [-0.2, -0.15) is 0 Å². The first kappa shape index (κ1) is 45.8. The predicted octanol–water partition coefficient (Wildman–Crippen LogP) is 5.14. The molecule has 15 nitrogen and oxygen atoms in total. The number of nitrogens with two attached hydrogens (primary N) is 1. The van der Waals surface area contributed by atoms with Crippen molar-refractivity contribution in [2.24, 2.45) is 23.5 Å². The van der Waals surface area contributed by atoms with Gasteiger partial charge in [-0.25, -0.2) is 4.79 Å². The summed E-state index contributed by atoms with van der Waals surface area (Å²) in [5, 5.41) is 19.5. The van der Waals surface area contributed by atoms with Crippen LogP contribution in [0.15, 0.2) is 60.2 Å². The van der Waals surface area contributed by atoms with E-state index in [-0.39, 0.29) is 31.1 Å². The molecule has 2 aromatic carbocycles. The Morgan fingerprint density at radius 2 is 1.75 bits per heavy atom. The fourth-order valence-electron chi connectivity index (χ4n) is 7.60. The number of allylic oxidation sites excluding steroid dienone is 3. The van der Waals surface area contributed by atoms with E-state index in [1.807, 2.05) is 52.0 Å². The number of aliphatic hydroxyl groups is 1. The number of amides is 4. The number of carbonyl (C=O) groups excluding carboxylic acids is 5. The first-order valence-corrected chi connectivity index (χ1v) is 20.5. The molecule has 4 amide bonds. The number of nitrogens with zero attached hydrogens (tertiary/aromatic N) is 1. The molecule has 0 radical (unpaired) electrons. The third-order valence-electron chi connectivity index (χ3n) is 11.6. The Morgan fingerprint density at radius 1 is 1.07 bits per heavy atom. The average Bonchev–Trinajstić information content (AvgIpc) is 3.89. The topological polar surface area (TPSA) is 211 Å². The van der Waals surface area contributed by atoms with Gasteiger partial charge in [-0.3, -0.25) is 24.5 Å². The van der Waals surface area contributed by atoms with Crippen LogP contribution < -0.4 is 31.3 Å². The van der Waals surface area contributed by atoms with Crippen LogP contribution in [0.5, 0.6) is 5.75 Å². The number of fused-ring (bicyclic) bond motifs is 5. The number of anilines is 2. The Morgan fingerprint density at radius 3 is 2.38 bits per heavy atom. The SMILES string of the molecule is COc1cc2cc(c1-c1ccc(NC(=O)[C@H](C)NC(=O)[C@@H](N)C(C)C)cc1)N(C)C(=O)C[C@H](OC(=O)C(C)C)[C@]1(C)O[C@H]1[C@H](C)[C@@H]1C[C@](O)(C/C=C/C=C(\C)C2)NC(=O)O1. The molecule has 2 saturated heterocycles. The Hall–Kier alpha value is -5.25. The van der Waals surface area contributed by atoms with Crippen molar-refractivity contribution < 1.29 is 48.0 Å². The van der Waals surface area contributed by atoms with Gasteiger partial charge in [0.1, 0.15) is 35.3 Å². The standard InChI is InChI=1S/C45H61N5O10/c1-24(2)38(46)41(53)47-28(7)40(52)48-31-16-14-30(15-17-31)37-32-20-29(21-33(37)57-10)19-26(5)13-11-12-18-45(56)23-34(58-43(55)49-45)27(6)39-44(8,60-39)35(22-36(51)50(32)9)59-42(54)25(3)4/h11-17,20-21,24-25,27-28,34-35,38-39,56H,18-19,22-23,46H2,1-10H3,(H,47,53)(H,48,52)(H,49,55)/b12-11+,26-13+/t27-,28+,34+,35+,38+,39+,44+,45-/m1/s1. The van der Waals surface area contributed by atoms with Crippen LogP contribution in [0.25, 0.3) is 11.1 Å². The van der Waals surface area contributed by atoms with Gasteiger partial charge in [0.15, 0.2) is 0 Å². The highest BCUT2D eigenvalue weighted by Crippen LogP contribution is 2.49. The Balaban J connectivity index is 1.52. The van der Waals surface area contributed by atoms with E-state index in [1.165, 1.54) is 4.90 Å². The van der Waals surface area contributed by atoms with Crippen LogP contribution in [0.3, 0.4) is 0 Å². The molecule has 4 bridgehead atoms. The molecule has 15 heteroatoms. The fourth-order valence-corrected chi connectivity index (χ4v) is 7.60. The van der Waals surface area contributed by atoms with Gasteiger partial charge < -0.3 is 45.3 Å². The summed E-state index contributed by atoms with van der Waals surface area (Å²) in [5.41, 5.74) is 7.39. The highest BCUT2D eigenvalue weighted by molar-refractivity contribution is 6.00. The minimum atomic E-state index is -1.57. The summed E-state index contributed by atoms with van der Waals surface area (Å²) in [7, 11) is 3.20. The molecule has 0 unspecified atom stereocenters. The molecule has 0 aromatic heterocycles. The van der Waals surface area contributed by atoms with Gasteiger partial charge in [0.25, 0.3) is 0 Å². The molecule has 8 atom stereocenters. The van der Waals surface area contributed by atoms with Gasteiger partial charge in [0.2, 0.25) is 17.7 Å². The molecule has 60 heavy (non-hydrogen) atoms. The number of hydrogen-bond acceptors (Lipinski definition) is 11. The number of benzene rings is 2. The van der Waals surface area contributed by atoms with Crippen molar-refractivity contribution in [2.75, 3.05) is 24.4 Å². The highest BCUT2D eigenvalue weighted by Gasteiger charge is 2.64. The highest BCUT2D eigenvalue weighted by atomic mass is 16.7. The van der Waals surface area contributed by atoms with E-state index >= 15 is 0 Å². The lowest BCUT2D eigenvalue weighted by Crippen LogP contribution is -2.57. The molecule has 3 aliphatic rings. The van der Waals surface area contributed by atoms with Gasteiger partial charge in [0.05, 0.1) is 37.3 Å². The number of rotatable bonds is 9. The largest absolute Gasteiger partial charge is 0.496 e. The zero-order chi connectivity index (χ0) is 44.3. The Kier molecular flexibility index (Phi) is 14.2. The number of ether oxygens (including phenoxy) is 4. The van der Waals surface area contributed by atoms with Crippen molar-refractivity contribution in [3.05, 3.63) is 65.8 Å². The molecule has 3 aliphatic heterocycles. The maximum absolute atomic E-state index is 14.5. The lowest BCUT2D eigenvalue weighted by molar-refractivity contribution is -0.157. The lowest BCUT2D eigenvalue weighted by Gasteiger charge is -2.39. The zero-order valence-electron chi connectivity index (χ0n) is 36.3. The maximum atomic E-state index is 14.5. The minimum absolute atomic E-state index is 0.0910. The molecule has 0 saturated carbocycles. The quantitative estimate of drug-likeness (QED) is 0.165. The molecule has 5 rings (SSSR count). The number of methoxy groups -OCH3 is 1. The van der Waals surface area contributed by atoms with Crippen LogP contribution in [0.1, 0.15) is 80.2 Å². The van der Waals surface area contributed by atoms with Crippen LogP contribution in [0.4, 0.5) is 16.2 Å². The van der Waals surface area contributed by atoms with Gasteiger partial charge in [-0.15, -0.1) is 0 Å². The van der Waals surface area contributed by atoms with E-state index in [2.05, 4.69) is 16.0 Å². The van der Waals surface area contributed by atoms with Gasteiger partial charge in [0, 0.05) is 37.1 Å². The second-order valence-electron chi connectivity index (χ2n) is 17.2. The number of carbonyl (C=O) groups is 5. The molecule has 326 valence electrons. The number of hydrogen-bond donors (Lipinski definition) is 5. The zero-order valence-corrected chi connectivity index (χ0v) is 36.3. The summed E-state index contributed by atoms with van der Waals surface area (Å²) in [6.07, 6.45) is 2.95. The average molecular weight is 832 g/mol. The summed E-state index contributed by atoms with van der Waals surface area (Å²) >= 11 is 0. The minimum Gasteiger partial charge on any atom is -0.496 e. The molecular weight excluding hydrogens is 771 g/mol. The van der Waals surface area contributed by atoms with E-state index in [0.717, 1.165) is 11.1 Å². The van der Waals surface area contributed by atoms with E-state index in [4.69, 9.17) is 24.7 Å². The summed E-state index contributed by atoms with van der Waals surface area (Å²) in [4.78, 5) is 67.4. The molecule has 2 fully saturated rings. The van der Waals surface area contributed by atoms with E-state index in [0.29, 0.717) is 34.7 Å². The number of alkyl carbamates (subject to hydrolysis) is 1. The van der Waals surface area contributed by atoms with Crippen molar-refractivity contribution in [3.8, 4) is 16.9 Å². The van der Waals surface area contributed by atoms with Crippen molar-refractivity contribution in [3.63, 3.8) is 0 Å². The summed E-state index contributed by atoms with van der Waals surface area (Å²) in [6.45, 7) is 14.2. The van der Waals surface area contributed by atoms with E-state index in [1.54, 1.807) is 72.2 Å². The normalized spacial score (nSPS) is 28.2. The van der Waals surface area contributed by atoms with Crippen molar-refractivity contribution in [1.29, 1.82) is 0 Å². The van der Waals surface area contributed by atoms with E-state index < -0.39 is 77.4 Å². The van der Waals surface area contributed by atoms with Crippen LogP contribution in [0.2, 0.25) is 0 Å². The Bertz CT molecular complexity index is 2010. The third kappa shape index (κ3) is 10.5. The van der Waals surface area contributed by atoms with Crippen LogP contribution in [-0.4, -0.2) is 90.8 Å².